The summed E-state index contributed by atoms with van der Waals surface area (Å²) in [5.41, 5.74) is 4.36. The van der Waals surface area contributed by atoms with Crippen LogP contribution in [-0.4, -0.2) is 51.7 Å². The number of carbonyl (C=O) groups is 1. The third-order valence-corrected chi connectivity index (χ3v) is 6.32. The molecule has 0 radical (unpaired) electrons. The van der Waals surface area contributed by atoms with Crippen molar-refractivity contribution in [1.29, 1.82) is 0 Å². The molecule has 3 N–H and O–H groups in total. The maximum atomic E-state index is 12.3. The van der Waals surface area contributed by atoms with Gasteiger partial charge in [0, 0.05) is 25.2 Å². The van der Waals surface area contributed by atoms with Gasteiger partial charge in [-0.1, -0.05) is 0 Å². The molecule has 29 heavy (non-hydrogen) atoms. The molecule has 1 saturated heterocycles. The van der Waals surface area contributed by atoms with Crippen LogP contribution in [0.5, 0.6) is 0 Å². The number of H-pyrrole nitrogens is 1. The predicted octanol–water partition coefficient (Wildman–Crippen LogP) is 3.24. The summed E-state index contributed by atoms with van der Waals surface area (Å²) in [6.45, 7) is 0.479. The van der Waals surface area contributed by atoms with Crippen LogP contribution >= 0.6 is 0 Å². The highest BCUT2D eigenvalue weighted by atomic mass is 19.4. The Kier molecular flexibility index (Phi) is 5.37. The standard InChI is InChI=1S/C19H25F3N6O/c20-19(21,22)11-24-17(29)13-1-4-18(5-2-13)6-9-28(10-7-18)27-16-14-3-8-23-15(14)25-12-26-16/h3,8,12-13H,1-2,4-7,9-11H2,(H,24,29)(H2,23,25,26,27). The Bertz CT molecular complexity index is 849. The molecule has 3 heterocycles. The summed E-state index contributed by atoms with van der Waals surface area (Å²) in [4.78, 5) is 23.6. The zero-order valence-corrected chi connectivity index (χ0v) is 16.1. The molecular formula is C19H25F3N6O. The average molecular weight is 410 g/mol. The Hall–Kier alpha value is -2.36. The highest BCUT2D eigenvalue weighted by Crippen LogP contribution is 2.46. The van der Waals surface area contributed by atoms with Gasteiger partial charge in [0.05, 0.1) is 5.39 Å². The number of nitrogens with zero attached hydrogens (tertiary/aromatic N) is 3. The van der Waals surface area contributed by atoms with Crippen LogP contribution in [0.25, 0.3) is 11.0 Å². The normalized spacial score (nSPS) is 20.8. The van der Waals surface area contributed by atoms with Crippen molar-refractivity contribution < 1.29 is 18.0 Å². The summed E-state index contributed by atoms with van der Waals surface area (Å²) in [6.07, 6.45) is 4.09. The molecule has 2 aromatic rings. The van der Waals surface area contributed by atoms with Crippen LogP contribution in [0.4, 0.5) is 19.0 Å². The number of hydrazine groups is 1. The maximum absolute atomic E-state index is 12.3. The highest BCUT2D eigenvalue weighted by Gasteiger charge is 2.40. The van der Waals surface area contributed by atoms with E-state index in [-0.39, 0.29) is 11.3 Å². The summed E-state index contributed by atoms with van der Waals surface area (Å²) in [5, 5.41) is 5.13. The van der Waals surface area contributed by atoms with E-state index in [9.17, 15) is 18.0 Å². The number of alkyl halides is 3. The Balaban J connectivity index is 1.27. The fraction of sp³-hybridized carbons (Fsp3) is 0.632. The number of amides is 1. The van der Waals surface area contributed by atoms with Crippen molar-refractivity contribution in [3.63, 3.8) is 0 Å². The minimum Gasteiger partial charge on any atom is -0.347 e. The smallest absolute Gasteiger partial charge is 0.347 e. The number of hydrogen-bond donors (Lipinski definition) is 3. The van der Waals surface area contributed by atoms with Crippen LogP contribution in [0.3, 0.4) is 0 Å². The van der Waals surface area contributed by atoms with E-state index in [1.807, 2.05) is 17.6 Å². The number of nitrogens with one attached hydrogen (secondary N) is 3. The molecule has 4 rings (SSSR count). The van der Waals surface area contributed by atoms with Gasteiger partial charge in [0.15, 0.2) is 5.82 Å². The first-order chi connectivity index (χ1) is 13.8. The fourth-order valence-electron chi connectivity index (χ4n) is 4.53. The number of aromatic nitrogens is 3. The first-order valence-corrected chi connectivity index (χ1v) is 9.98. The predicted molar refractivity (Wildman–Crippen MR) is 102 cm³/mol. The summed E-state index contributed by atoms with van der Waals surface area (Å²) in [7, 11) is 0. The van der Waals surface area contributed by atoms with Crippen LogP contribution in [0.15, 0.2) is 18.6 Å². The Labute approximate surface area is 166 Å². The van der Waals surface area contributed by atoms with Gasteiger partial charge in [-0.05, 0) is 50.0 Å². The minimum absolute atomic E-state index is 0.189. The lowest BCUT2D eigenvalue weighted by atomic mass is 9.65. The van der Waals surface area contributed by atoms with Crippen LogP contribution in [0.1, 0.15) is 38.5 Å². The lowest BCUT2D eigenvalue weighted by molar-refractivity contribution is -0.142. The average Bonchev–Trinajstić information content (AvgIpc) is 3.18. The van der Waals surface area contributed by atoms with Crippen molar-refractivity contribution in [1.82, 2.24) is 25.3 Å². The number of fused-ring (bicyclic) bond motifs is 1. The third kappa shape index (κ3) is 4.63. The fourth-order valence-corrected chi connectivity index (χ4v) is 4.53. The van der Waals surface area contributed by atoms with Crippen molar-refractivity contribution in [2.45, 2.75) is 44.7 Å². The molecule has 0 bridgehead atoms. The molecule has 2 fully saturated rings. The lowest BCUT2D eigenvalue weighted by Gasteiger charge is -2.45. The molecule has 0 aromatic carbocycles. The van der Waals surface area contributed by atoms with Gasteiger partial charge in [0.1, 0.15) is 18.5 Å². The van der Waals surface area contributed by atoms with E-state index < -0.39 is 18.6 Å². The Morgan fingerprint density at radius 1 is 1.21 bits per heavy atom. The van der Waals surface area contributed by atoms with Crippen molar-refractivity contribution in [2.75, 3.05) is 25.1 Å². The molecule has 2 aromatic heterocycles. The van der Waals surface area contributed by atoms with E-state index in [0.29, 0.717) is 12.8 Å². The number of piperidine rings is 1. The molecule has 7 nitrogen and oxygen atoms in total. The lowest BCUT2D eigenvalue weighted by Crippen LogP contribution is -2.46. The minimum atomic E-state index is -4.36. The summed E-state index contributed by atoms with van der Waals surface area (Å²) < 4.78 is 36.9. The molecule has 1 saturated carbocycles. The first kappa shape index (κ1) is 19.9. The molecule has 0 atom stereocenters. The number of rotatable bonds is 4. The summed E-state index contributed by atoms with van der Waals surface area (Å²) in [5.74, 6) is 0.00910. The molecule has 10 heteroatoms. The monoisotopic (exact) mass is 410 g/mol. The van der Waals surface area contributed by atoms with Crippen LogP contribution in [-0.2, 0) is 4.79 Å². The van der Waals surface area contributed by atoms with Gasteiger partial charge in [-0.3, -0.25) is 4.79 Å². The largest absolute Gasteiger partial charge is 0.405 e. The van der Waals surface area contributed by atoms with Gasteiger partial charge in [0.2, 0.25) is 5.91 Å². The zero-order chi connectivity index (χ0) is 20.5. The van der Waals surface area contributed by atoms with E-state index >= 15 is 0 Å². The van der Waals surface area contributed by atoms with Gasteiger partial charge in [0.25, 0.3) is 0 Å². The van der Waals surface area contributed by atoms with Crippen LogP contribution in [0.2, 0.25) is 0 Å². The quantitative estimate of drug-likeness (QED) is 0.721. The van der Waals surface area contributed by atoms with Crippen molar-refractivity contribution >= 4 is 22.8 Å². The van der Waals surface area contributed by atoms with E-state index in [1.54, 1.807) is 0 Å². The van der Waals surface area contributed by atoms with Crippen molar-refractivity contribution in [3.05, 3.63) is 18.6 Å². The van der Waals surface area contributed by atoms with Crippen LogP contribution < -0.4 is 10.7 Å². The SMILES string of the molecule is O=C(NCC(F)(F)F)C1CCC2(CC1)CCN(Nc1ncnc3[nH]ccc13)CC2. The maximum Gasteiger partial charge on any atom is 0.405 e. The second-order valence-electron chi connectivity index (χ2n) is 8.17. The molecule has 1 aliphatic heterocycles. The zero-order valence-electron chi connectivity index (χ0n) is 16.1. The molecule has 0 unspecified atom stereocenters. The van der Waals surface area contributed by atoms with Gasteiger partial charge in [-0.2, -0.15) is 13.2 Å². The van der Waals surface area contributed by atoms with E-state index in [1.165, 1.54) is 6.33 Å². The third-order valence-electron chi connectivity index (χ3n) is 6.32. The van der Waals surface area contributed by atoms with E-state index in [4.69, 9.17) is 0 Å². The Morgan fingerprint density at radius 2 is 1.93 bits per heavy atom. The van der Waals surface area contributed by atoms with Gasteiger partial charge in [-0.25, -0.2) is 15.0 Å². The first-order valence-electron chi connectivity index (χ1n) is 9.98. The number of carbonyl (C=O) groups excluding carboxylic acids is 1. The number of halogens is 3. The molecule has 1 spiro atoms. The Morgan fingerprint density at radius 3 is 2.62 bits per heavy atom. The molecule has 1 amide bonds. The second kappa shape index (κ2) is 7.81. The number of anilines is 1. The van der Waals surface area contributed by atoms with Gasteiger partial charge in [-0.15, -0.1) is 0 Å². The van der Waals surface area contributed by atoms with Crippen molar-refractivity contribution in [2.24, 2.45) is 11.3 Å². The summed E-state index contributed by atoms with van der Waals surface area (Å²) >= 11 is 0. The molecule has 158 valence electrons. The second-order valence-corrected chi connectivity index (χ2v) is 8.17. The topological polar surface area (TPSA) is 85.9 Å². The summed E-state index contributed by atoms with van der Waals surface area (Å²) in [6, 6.07) is 1.94. The molecule has 1 aliphatic carbocycles. The molecular weight excluding hydrogens is 385 g/mol. The van der Waals surface area contributed by atoms with Crippen LogP contribution in [0, 0.1) is 11.3 Å². The van der Waals surface area contributed by atoms with Crippen molar-refractivity contribution in [3.8, 4) is 0 Å². The van der Waals surface area contributed by atoms with Gasteiger partial charge >= 0.3 is 6.18 Å². The van der Waals surface area contributed by atoms with Gasteiger partial charge < -0.3 is 15.7 Å². The van der Waals surface area contributed by atoms with E-state index in [2.05, 4.69) is 25.4 Å². The highest BCUT2D eigenvalue weighted by molar-refractivity contribution is 5.86. The number of hydrogen-bond acceptors (Lipinski definition) is 5. The van der Waals surface area contributed by atoms with E-state index in [0.717, 1.165) is 55.6 Å². The number of aromatic amines is 1. The molecule has 2 aliphatic rings.